The highest BCUT2D eigenvalue weighted by Crippen LogP contribution is 2.30. The zero-order chi connectivity index (χ0) is 13.7. The Balaban J connectivity index is 0.00000200. The van der Waals surface area contributed by atoms with Crippen molar-refractivity contribution in [2.24, 2.45) is 5.92 Å². The van der Waals surface area contributed by atoms with Crippen LogP contribution in [0.25, 0.3) is 0 Å². The van der Waals surface area contributed by atoms with Gasteiger partial charge in [-0.25, -0.2) is 0 Å². The van der Waals surface area contributed by atoms with Gasteiger partial charge in [-0.1, -0.05) is 18.5 Å². The van der Waals surface area contributed by atoms with E-state index in [9.17, 15) is 4.79 Å². The number of carbonyl (C=O) groups excluding carboxylic acids is 1. The van der Waals surface area contributed by atoms with Gasteiger partial charge in [-0.05, 0) is 43.3 Å². The molecule has 1 aliphatic rings. The fraction of sp³-hybridized carbons (Fsp3) is 0.500. The minimum atomic E-state index is 0. The Kier molecular flexibility index (Phi) is 7.74. The maximum absolute atomic E-state index is 12.2. The van der Waals surface area contributed by atoms with Gasteiger partial charge in [-0.2, -0.15) is 0 Å². The van der Waals surface area contributed by atoms with Crippen LogP contribution in [0.5, 0.6) is 0 Å². The highest BCUT2D eigenvalue weighted by atomic mass is 35.5. The molecule has 6 heteroatoms. The monoisotopic (exact) mass is 334 g/mol. The minimum Gasteiger partial charge on any atom is -0.325 e. The quantitative estimate of drug-likeness (QED) is 0.822. The molecule has 1 aliphatic heterocycles. The molecule has 1 saturated heterocycles. The summed E-state index contributed by atoms with van der Waals surface area (Å²) in [5, 5.41) is 6.93. The number of thioether (sulfide) groups is 1. The lowest BCUT2D eigenvalue weighted by molar-refractivity contribution is -0.120. The molecule has 1 aromatic rings. The van der Waals surface area contributed by atoms with Crippen molar-refractivity contribution in [3.05, 3.63) is 23.2 Å². The lowest BCUT2D eigenvalue weighted by atomic mass is 9.99. The summed E-state index contributed by atoms with van der Waals surface area (Å²) in [4.78, 5) is 13.3. The van der Waals surface area contributed by atoms with Crippen molar-refractivity contribution in [2.45, 2.75) is 24.7 Å². The van der Waals surface area contributed by atoms with Crippen LogP contribution in [0.3, 0.4) is 0 Å². The third-order valence-electron chi connectivity index (χ3n) is 3.17. The van der Waals surface area contributed by atoms with Crippen LogP contribution in [-0.2, 0) is 4.79 Å². The van der Waals surface area contributed by atoms with E-state index in [1.165, 1.54) is 0 Å². The lowest BCUT2D eigenvalue weighted by Crippen LogP contribution is -2.37. The first-order valence-corrected chi connectivity index (χ1v) is 8.01. The van der Waals surface area contributed by atoms with E-state index in [4.69, 9.17) is 11.6 Å². The molecule has 112 valence electrons. The molecule has 2 rings (SSSR count). The van der Waals surface area contributed by atoms with Crippen LogP contribution in [0.4, 0.5) is 5.69 Å². The summed E-state index contributed by atoms with van der Waals surface area (Å²) in [5.41, 5.74) is 0.829. The van der Waals surface area contributed by atoms with E-state index in [0.717, 1.165) is 42.3 Å². The van der Waals surface area contributed by atoms with E-state index in [0.29, 0.717) is 5.02 Å². The van der Waals surface area contributed by atoms with Crippen LogP contribution in [0.15, 0.2) is 23.1 Å². The van der Waals surface area contributed by atoms with Gasteiger partial charge in [0.25, 0.3) is 0 Å². The topological polar surface area (TPSA) is 41.1 Å². The number of nitrogens with one attached hydrogen (secondary N) is 2. The summed E-state index contributed by atoms with van der Waals surface area (Å²) < 4.78 is 0. The Morgan fingerprint density at radius 2 is 2.35 bits per heavy atom. The normalized spacial score (nSPS) is 18.2. The number of piperidine rings is 1. The third-order valence-corrected chi connectivity index (χ3v) is 4.36. The van der Waals surface area contributed by atoms with Gasteiger partial charge in [0.1, 0.15) is 0 Å². The maximum atomic E-state index is 12.2. The molecule has 0 aliphatic carbocycles. The molecule has 3 nitrogen and oxygen atoms in total. The third kappa shape index (κ3) is 4.85. The predicted molar refractivity (Wildman–Crippen MR) is 89.3 cm³/mol. The van der Waals surface area contributed by atoms with E-state index in [-0.39, 0.29) is 24.2 Å². The Morgan fingerprint density at radius 1 is 1.55 bits per heavy atom. The predicted octanol–water partition coefficient (Wildman–Crippen LogP) is 3.81. The van der Waals surface area contributed by atoms with Crippen LogP contribution in [0, 0.1) is 5.92 Å². The van der Waals surface area contributed by atoms with Crippen LogP contribution in [-0.4, -0.2) is 24.7 Å². The number of halogens is 2. The van der Waals surface area contributed by atoms with Crippen molar-refractivity contribution in [1.29, 1.82) is 0 Å². The van der Waals surface area contributed by atoms with Gasteiger partial charge in [-0.15, -0.1) is 24.2 Å². The van der Waals surface area contributed by atoms with E-state index >= 15 is 0 Å². The van der Waals surface area contributed by atoms with Crippen molar-refractivity contribution in [2.75, 3.05) is 24.2 Å². The molecule has 2 N–H and O–H groups in total. The zero-order valence-electron chi connectivity index (χ0n) is 11.4. The number of rotatable bonds is 4. The SMILES string of the molecule is CCSc1ccc(Cl)cc1NC(=O)C1CCCNC1.Cl. The molecular weight excluding hydrogens is 315 g/mol. The van der Waals surface area contributed by atoms with Gasteiger partial charge >= 0.3 is 0 Å². The van der Waals surface area contributed by atoms with Crippen molar-refractivity contribution < 1.29 is 4.79 Å². The first kappa shape index (κ1) is 17.6. The summed E-state index contributed by atoms with van der Waals surface area (Å²) in [6, 6.07) is 5.65. The molecule has 0 radical (unpaired) electrons. The van der Waals surface area contributed by atoms with Crippen LogP contribution in [0.1, 0.15) is 19.8 Å². The molecular formula is C14H20Cl2N2OS. The lowest BCUT2D eigenvalue weighted by Gasteiger charge is -2.22. The Hall–Kier alpha value is -0.420. The van der Waals surface area contributed by atoms with Crippen molar-refractivity contribution >= 4 is 47.4 Å². The van der Waals surface area contributed by atoms with Gasteiger partial charge in [0, 0.05) is 16.5 Å². The van der Waals surface area contributed by atoms with Crippen LogP contribution < -0.4 is 10.6 Å². The molecule has 0 aromatic heterocycles. The highest BCUT2D eigenvalue weighted by Gasteiger charge is 2.21. The number of amides is 1. The Bertz CT molecular complexity index is 451. The van der Waals surface area contributed by atoms with E-state index in [1.807, 2.05) is 18.2 Å². The van der Waals surface area contributed by atoms with Gasteiger partial charge < -0.3 is 10.6 Å². The smallest absolute Gasteiger partial charge is 0.228 e. The van der Waals surface area contributed by atoms with Crippen LogP contribution in [0.2, 0.25) is 5.02 Å². The minimum absolute atomic E-state index is 0. The molecule has 1 atom stereocenters. The Morgan fingerprint density at radius 3 is 3.00 bits per heavy atom. The van der Waals surface area contributed by atoms with Crippen LogP contribution >= 0.6 is 35.8 Å². The van der Waals surface area contributed by atoms with Gasteiger partial charge in [0.15, 0.2) is 0 Å². The number of hydrogen-bond donors (Lipinski definition) is 2. The molecule has 0 bridgehead atoms. The van der Waals surface area contributed by atoms with Gasteiger partial charge in [0.05, 0.1) is 11.6 Å². The van der Waals surface area contributed by atoms with E-state index in [2.05, 4.69) is 17.6 Å². The first-order chi connectivity index (χ1) is 9.20. The average Bonchev–Trinajstić information content (AvgIpc) is 2.43. The van der Waals surface area contributed by atoms with Crippen molar-refractivity contribution in [3.63, 3.8) is 0 Å². The fourth-order valence-corrected chi connectivity index (χ4v) is 3.10. The molecule has 1 heterocycles. The molecule has 0 saturated carbocycles. The highest BCUT2D eigenvalue weighted by molar-refractivity contribution is 7.99. The number of benzene rings is 1. The molecule has 0 spiro atoms. The molecule has 1 amide bonds. The van der Waals surface area contributed by atoms with E-state index < -0.39 is 0 Å². The summed E-state index contributed by atoms with van der Waals surface area (Å²) in [7, 11) is 0. The molecule has 1 fully saturated rings. The summed E-state index contributed by atoms with van der Waals surface area (Å²) in [6.07, 6.45) is 2.01. The number of hydrogen-bond acceptors (Lipinski definition) is 3. The largest absolute Gasteiger partial charge is 0.325 e. The second-order valence-electron chi connectivity index (χ2n) is 4.61. The molecule has 1 unspecified atom stereocenters. The van der Waals surface area contributed by atoms with Gasteiger partial charge in [0.2, 0.25) is 5.91 Å². The zero-order valence-corrected chi connectivity index (χ0v) is 13.8. The number of anilines is 1. The summed E-state index contributed by atoms with van der Waals surface area (Å²) in [6.45, 7) is 3.87. The van der Waals surface area contributed by atoms with Gasteiger partial charge in [-0.3, -0.25) is 4.79 Å². The fourth-order valence-electron chi connectivity index (χ4n) is 2.19. The summed E-state index contributed by atoms with van der Waals surface area (Å²) >= 11 is 7.72. The van der Waals surface area contributed by atoms with Crippen molar-refractivity contribution in [1.82, 2.24) is 5.32 Å². The first-order valence-electron chi connectivity index (χ1n) is 6.64. The second kappa shape index (κ2) is 8.78. The van der Waals surface area contributed by atoms with E-state index in [1.54, 1.807) is 11.8 Å². The second-order valence-corrected chi connectivity index (χ2v) is 6.35. The summed E-state index contributed by atoms with van der Waals surface area (Å²) in [5.74, 6) is 1.12. The average molecular weight is 335 g/mol. The maximum Gasteiger partial charge on any atom is 0.228 e. The Labute approximate surface area is 135 Å². The number of carbonyl (C=O) groups is 1. The standard InChI is InChI=1S/C14H19ClN2OS.ClH/c1-2-19-13-6-5-11(15)8-12(13)17-14(18)10-4-3-7-16-9-10;/h5-6,8,10,16H,2-4,7,9H2,1H3,(H,17,18);1H. The van der Waals surface area contributed by atoms with Crippen molar-refractivity contribution in [3.8, 4) is 0 Å². The molecule has 1 aromatic carbocycles. The molecule has 20 heavy (non-hydrogen) atoms.